The molecule has 4 aliphatic carbocycles. The zero-order chi connectivity index (χ0) is 20.2. The molecule has 0 aliphatic heterocycles. The van der Waals surface area contributed by atoms with Crippen LogP contribution in [0.25, 0.3) is 0 Å². The van der Waals surface area contributed by atoms with Crippen molar-refractivity contribution < 1.29 is 10.6 Å². The molecule has 4 aliphatic rings. The number of hydrogen-bond acceptors (Lipinski definition) is 0. The molecule has 0 heterocycles. The van der Waals surface area contributed by atoms with E-state index < -0.39 is 10.6 Å². The number of benzene rings is 1. The summed E-state index contributed by atoms with van der Waals surface area (Å²) < 4.78 is 1.30. The molecular formula is C25H31Cl2SiTi. The minimum absolute atomic E-state index is 0.232. The molecule has 0 bridgehead atoms. The van der Waals surface area contributed by atoms with Gasteiger partial charge in [0.25, 0.3) is 0 Å². The maximum atomic E-state index is 8.23. The Labute approximate surface area is 182 Å². The van der Waals surface area contributed by atoms with Crippen molar-refractivity contribution in [2.75, 3.05) is 0 Å². The van der Waals surface area contributed by atoms with E-state index >= 15 is 0 Å². The monoisotopic (exact) mass is 477 g/mol. The van der Waals surface area contributed by atoms with Gasteiger partial charge in [0.15, 0.2) is 0 Å². The average Bonchev–Trinajstić information content (AvgIpc) is 3.34. The molecule has 0 N–H and O–H groups in total. The van der Waals surface area contributed by atoms with Gasteiger partial charge < -0.3 is 0 Å². The van der Waals surface area contributed by atoms with E-state index in [-0.39, 0.29) is 8.45 Å². The molecule has 29 heavy (non-hydrogen) atoms. The quantitative estimate of drug-likeness (QED) is 0.389. The molecule has 5 rings (SSSR count). The van der Waals surface area contributed by atoms with Crippen molar-refractivity contribution in [3.05, 3.63) is 82.5 Å². The molecule has 4 heteroatoms. The summed E-state index contributed by atoms with van der Waals surface area (Å²) in [5.74, 6) is 0. The van der Waals surface area contributed by atoms with Crippen LogP contribution in [0, 0.1) is 0 Å². The molecule has 0 spiro atoms. The van der Waals surface area contributed by atoms with Gasteiger partial charge in [-0.1, -0.05) is 0 Å². The van der Waals surface area contributed by atoms with Gasteiger partial charge in [0.1, 0.15) is 0 Å². The predicted octanol–water partition coefficient (Wildman–Crippen LogP) is 7.73. The van der Waals surface area contributed by atoms with E-state index in [1.807, 2.05) is 0 Å². The van der Waals surface area contributed by atoms with E-state index in [2.05, 4.69) is 62.3 Å². The third kappa shape index (κ3) is 3.28. The summed E-state index contributed by atoms with van der Waals surface area (Å²) >= 11 is 0. The van der Waals surface area contributed by atoms with Gasteiger partial charge in [0.05, 0.1) is 0 Å². The molecule has 2 unspecified atom stereocenters. The van der Waals surface area contributed by atoms with Crippen molar-refractivity contribution in [2.45, 2.75) is 64.5 Å². The SMILES string of the molecule is [SiH2]=[Ti]([Cl])([Cl])([CH2]c1ccccc1)([CH]1C=CC2=C1CCCC2)[CH]1C=CC2=C1CCCC2. The minimum atomic E-state index is -4.71. The molecule has 1 aromatic rings. The molecule has 2 atom stereocenters. The van der Waals surface area contributed by atoms with Crippen LogP contribution >= 0.6 is 18.6 Å². The van der Waals surface area contributed by atoms with Gasteiger partial charge in [-0.3, -0.25) is 0 Å². The van der Waals surface area contributed by atoms with E-state index in [0.717, 1.165) is 4.73 Å². The summed E-state index contributed by atoms with van der Waals surface area (Å²) in [6.07, 6.45) is 19.5. The Balaban J connectivity index is 1.71. The molecule has 1 aromatic carbocycles. The van der Waals surface area contributed by atoms with E-state index in [1.54, 1.807) is 11.1 Å². The van der Waals surface area contributed by atoms with Crippen LogP contribution in [-0.2, 0) is 15.4 Å². The second-order valence-corrected chi connectivity index (χ2v) is 42.1. The number of halogens is 2. The summed E-state index contributed by atoms with van der Waals surface area (Å²) in [5.41, 5.74) is 7.53. The molecule has 153 valence electrons. The fourth-order valence-corrected chi connectivity index (χ4v) is 25.0. The Morgan fingerprint density at radius 1 is 0.759 bits per heavy atom. The van der Waals surface area contributed by atoms with Crippen LogP contribution in [-0.4, -0.2) is 7.63 Å². The predicted molar refractivity (Wildman–Crippen MR) is 127 cm³/mol. The van der Waals surface area contributed by atoms with Gasteiger partial charge in [-0.2, -0.15) is 0 Å². The second-order valence-electron chi connectivity index (χ2n) is 10.1. The van der Waals surface area contributed by atoms with Gasteiger partial charge in [0.2, 0.25) is 0 Å². The number of allylic oxidation sites excluding steroid dienone is 8. The molecule has 0 aromatic heterocycles. The van der Waals surface area contributed by atoms with E-state index in [9.17, 15) is 0 Å². The van der Waals surface area contributed by atoms with Crippen LogP contribution in [0.15, 0.2) is 76.9 Å². The van der Waals surface area contributed by atoms with Crippen LogP contribution in [0.3, 0.4) is 0 Å². The molecule has 0 fully saturated rings. The van der Waals surface area contributed by atoms with Gasteiger partial charge in [-0.25, -0.2) is 0 Å². The van der Waals surface area contributed by atoms with E-state index in [4.69, 9.17) is 18.6 Å². The number of hydrogen-bond donors (Lipinski definition) is 0. The average molecular weight is 478 g/mol. The Morgan fingerprint density at radius 3 is 1.76 bits per heavy atom. The van der Waals surface area contributed by atoms with E-state index in [0.29, 0.717) is 0 Å². The van der Waals surface area contributed by atoms with Crippen molar-refractivity contribution in [2.24, 2.45) is 0 Å². The van der Waals surface area contributed by atoms with Crippen LogP contribution in [0.4, 0.5) is 0 Å². The van der Waals surface area contributed by atoms with Crippen molar-refractivity contribution in [1.82, 2.24) is 0 Å². The van der Waals surface area contributed by atoms with Gasteiger partial charge in [-0.05, 0) is 0 Å². The third-order valence-corrected chi connectivity index (χ3v) is 26.8. The standard InChI is InChI=1S/2C9H11.C7H7.2ClH.H2Si.Ti/c2*1-2-5-9-7-3-6-8(9)4-1;1-7-5-3-2-4-6-7;;;;/h2*3,6-7H,1-2,4-5H2;2-6H,1H2;2*1H;1H2;/q;;;;;;+2/p-2. The first-order chi connectivity index (χ1) is 13.8. The molecule has 0 saturated heterocycles. The molecule has 0 amide bonds. The molecule has 0 saturated carbocycles. The van der Waals surface area contributed by atoms with Crippen LogP contribution in [0.2, 0.25) is 8.45 Å². The van der Waals surface area contributed by atoms with Crippen LogP contribution in [0.1, 0.15) is 56.9 Å². The second kappa shape index (κ2) is 6.84. The number of rotatable bonds is 4. The van der Waals surface area contributed by atoms with Crippen molar-refractivity contribution in [3.8, 4) is 0 Å². The van der Waals surface area contributed by atoms with E-state index in [1.165, 1.54) is 68.1 Å². The Bertz CT molecular complexity index is 1010. The van der Waals surface area contributed by atoms with Crippen molar-refractivity contribution in [1.29, 1.82) is 0 Å². The van der Waals surface area contributed by atoms with Gasteiger partial charge in [0, 0.05) is 0 Å². The fourth-order valence-electron chi connectivity index (χ4n) is 6.68. The summed E-state index contributed by atoms with van der Waals surface area (Å²) in [7, 11) is 13.8. The summed E-state index contributed by atoms with van der Waals surface area (Å²) in [6, 6.07) is 10.8. The Kier molecular flexibility index (Phi) is 4.86. The van der Waals surface area contributed by atoms with Gasteiger partial charge >= 0.3 is 184 Å². The van der Waals surface area contributed by atoms with Gasteiger partial charge in [-0.15, -0.1) is 0 Å². The maximum absolute atomic E-state index is 8.23. The van der Waals surface area contributed by atoms with Crippen LogP contribution < -0.4 is 0 Å². The first-order valence-corrected chi connectivity index (χ1v) is 22.6. The van der Waals surface area contributed by atoms with Crippen molar-refractivity contribution in [3.63, 3.8) is 0 Å². The Hall–Kier alpha value is -0.309. The molecule has 0 radical (unpaired) electrons. The zero-order valence-corrected chi connectivity index (χ0v) is 21.7. The molecular weight excluding hydrogens is 447 g/mol. The molecule has 0 nitrogen and oxygen atoms in total. The topological polar surface area (TPSA) is 0 Å². The summed E-state index contributed by atoms with van der Waals surface area (Å²) in [4.78, 5) is 0. The normalized spacial score (nSPS) is 28.9. The first kappa shape index (κ1) is 20.6. The first-order valence-electron chi connectivity index (χ1n) is 11.3. The Morgan fingerprint density at radius 2 is 1.24 bits per heavy atom. The van der Waals surface area contributed by atoms with Crippen LogP contribution in [0.5, 0.6) is 0 Å². The van der Waals surface area contributed by atoms with Crippen molar-refractivity contribution >= 4 is 26.2 Å². The zero-order valence-electron chi connectivity index (χ0n) is 17.2. The summed E-state index contributed by atoms with van der Waals surface area (Å²) in [6.45, 7) is 0. The summed E-state index contributed by atoms with van der Waals surface area (Å²) in [5, 5.41) is 0. The third-order valence-electron chi connectivity index (χ3n) is 8.06. The fraction of sp³-hybridized carbons (Fsp3) is 0.440.